The topological polar surface area (TPSA) is 56.5 Å². The fourth-order valence-corrected chi connectivity index (χ4v) is 1.41. The van der Waals surface area contributed by atoms with Gasteiger partial charge in [-0.3, -0.25) is 0 Å². The molecule has 0 bridgehead atoms. The second-order valence-electron chi connectivity index (χ2n) is 3.72. The largest absolute Gasteiger partial charge is 0.382 e. The second-order valence-corrected chi connectivity index (χ2v) is 3.72. The monoisotopic (exact) mass is 218 g/mol. The minimum Gasteiger partial charge on any atom is -0.382 e. The van der Waals surface area contributed by atoms with Crippen molar-refractivity contribution in [2.45, 2.75) is 31.8 Å². The van der Waals surface area contributed by atoms with Gasteiger partial charge in [0.15, 0.2) is 0 Å². The molecule has 0 heterocycles. The number of hydrogen-bond acceptors (Lipinski definition) is 4. The van der Waals surface area contributed by atoms with Crippen LogP contribution in [0, 0.1) is 0 Å². The van der Waals surface area contributed by atoms with E-state index in [-0.39, 0.29) is 6.10 Å². The zero-order valence-corrected chi connectivity index (χ0v) is 10.1. The van der Waals surface area contributed by atoms with Crippen molar-refractivity contribution < 1.29 is 9.47 Å². The average Bonchev–Trinajstić information content (AvgIpc) is 2.26. The summed E-state index contributed by atoms with van der Waals surface area (Å²) in [6, 6.07) is 0. The van der Waals surface area contributed by atoms with Crippen LogP contribution in [0.25, 0.3) is 0 Å². The Morgan fingerprint density at radius 1 is 1.13 bits per heavy atom. The molecular formula is C11H26N2O2. The van der Waals surface area contributed by atoms with Crippen molar-refractivity contribution in [1.29, 1.82) is 0 Å². The molecule has 0 saturated heterocycles. The number of rotatable bonds is 11. The maximum absolute atomic E-state index is 5.41. The molecule has 4 nitrogen and oxygen atoms in total. The van der Waals surface area contributed by atoms with E-state index in [1.807, 2.05) is 0 Å². The molecule has 0 aromatic carbocycles. The van der Waals surface area contributed by atoms with Crippen LogP contribution in [0.2, 0.25) is 0 Å². The van der Waals surface area contributed by atoms with Crippen LogP contribution in [0.5, 0.6) is 0 Å². The molecular weight excluding hydrogens is 192 g/mol. The van der Waals surface area contributed by atoms with Crippen LogP contribution in [-0.2, 0) is 9.47 Å². The Bertz CT molecular complexity index is 123. The number of ether oxygens (including phenoxy) is 2. The molecule has 0 aromatic rings. The summed E-state index contributed by atoms with van der Waals surface area (Å²) in [6.07, 6.45) is 5.02. The number of methoxy groups -OCH3 is 2. The highest BCUT2D eigenvalue weighted by atomic mass is 16.5. The van der Waals surface area contributed by atoms with Gasteiger partial charge in [0.2, 0.25) is 0 Å². The Labute approximate surface area is 93.5 Å². The average molecular weight is 218 g/mol. The molecule has 0 aliphatic rings. The lowest BCUT2D eigenvalue weighted by molar-refractivity contribution is 0.0290. The summed E-state index contributed by atoms with van der Waals surface area (Å²) in [6.45, 7) is 3.37. The summed E-state index contributed by atoms with van der Waals surface area (Å²) in [5.74, 6) is 0. The van der Waals surface area contributed by atoms with Crippen LogP contribution >= 0.6 is 0 Å². The Balaban J connectivity index is 3.14. The molecule has 0 amide bonds. The molecule has 0 radical (unpaired) electrons. The van der Waals surface area contributed by atoms with Crippen molar-refractivity contribution >= 4 is 0 Å². The van der Waals surface area contributed by atoms with Crippen molar-refractivity contribution in [3.8, 4) is 0 Å². The Morgan fingerprint density at radius 2 is 1.87 bits per heavy atom. The molecule has 0 rings (SSSR count). The van der Waals surface area contributed by atoms with E-state index in [4.69, 9.17) is 15.2 Å². The van der Waals surface area contributed by atoms with E-state index in [9.17, 15) is 0 Å². The maximum Gasteiger partial charge on any atom is 0.0928 e. The molecule has 92 valence electrons. The standard InChI is InChI=1S/C11H26N2O2/c1-14-10-11(15-2)9-13-8-6-4-3-5-7-12/h11,13H,3-10,12H2,1-2H3. The number of hydrogen-bond donors (Lipinski definition) is 2. The zero-order valence-electron chi connectivity index (χ0n) is 10.1. The molecule has 3 N–H and O–H groups in total. The molecule has 0 aliphatic heterocycles. The van der Waals surface area contributed by atoms with Gasteiger partial charge in [0.05, 0.1) is 12.7 Å². The van der Waals surface area contributed by atoms with Crippen molar-refractivity contribution in [2.24, 2.45) is 5.73 Å². The van der Waals surface area contributed by atoms with E-state index in [1.165, 1.54) is 19.3 Å². The molecule has 0 saturated carbocycles. The third-order valence-corrected chi connectivity index (χ3v) is 2.37. The van der Waals surface area contributed by atoms with Gasteiger partial charge in [-0.25, -0.2) is 0 Å². The Kier molecular flexibility index (Phi) is 11.8. The summed E-state index contributed by atoms with van der Waals surface area (Å²) >= 11 is 0. The van der Waals surface area contributed by atoms with Crippen LogP contribution in [-0.4, -0.2) is 46.6 Å². The van der Waals surface area contributed by atoms with E-state index in [0.29, 0.717) is 6.61 Å². The van der Waals surface area contributed by atoms with E-state index >= 15 is 0 Å². The molecule has 0 aromatic heterocycles. The zero-order chi connectivity index (χ0) is 11.4. The first-order valence-corrected chi connectivity index (χ1v) is 5.77. The first-order valence-electron chi connectivity index (χ1n) is 5.77. The SMILES string of the molecule is COCC(CNCCCCCCN)OC. The summed E-state index contributed by atoms with van der Waals surface area (Å²) in [7, 11) is 3.41. The smallest absolute Gasteiger partial charge is 0.0928 e. The summed E-state index contributed by atoms with van der Waals surface area (Å²) in [5, 5.41) is 3.36. The number of unbranched alkanes of at least 4 members (excludes halogenated alkanes) is 3. The van der Waals surface area contributed by atoms with Gasteiger partial charge in [-0.2, -0.15) is 0 Å². The van der Waals surface area contributed by atoms with Gasteiger partial charge in [-0.15, -0.1) is 0 Å². The van der Waals surface area contributed by atoms with Gasteiger partial charge < -0.3 is 20.5 Å². The van der Waals surface area contributed by atoms with E-state index < -0.39 is 0 Å². The normalized spacial score (nSPS) is 13.0. The van der Waals surface area contributed by atoms with Gasteiger partial charge >= 0.3 is 0 Å². The first kappa shape index (κ1) is 14.8. The van der Waals surface area contributed by atoms with Crippen LogP contribution in [0.15, 0.2) is 0 Å². The summed E-state index contributed by atoms with van der Waals surface area (Å²) < 4.78 is 10.3. The summed E-state index contributed by atoms with van der Waals surface area (Å²) in [4.78, 5) is 0. The first-order chi connectivity index (χ1) is 7.35. The molecule has 1 unspecified atom stereocenters. The molecule has 0 fully saturated rings. The maximum atomic E-state index is 5.41. The number of nitrogens with one attached hydrogen (secondary N) is 1. The van der Waals surface area contributed by atoms with Gasteiger partial charge in [0.1, 0.15) is 0 Å². The molecule has 0 aliphatic carbocycles. The predicted molar refractivity (Wildman–Crippen MR) is 63.1 cm³/mol. The lowest BCUT2D eigenvalue weighted by atomic mass is 10.2. The fraction of sp³-hybridized carbons (Fsp3) is 1.00. The van der Waals surface area contributed by atoms with Crippen LogP contribution < -0.4 is 11.1 Å². The van der Waals surface area contributed by atoms with Gasteiger partial charge in [0.25, 0.3) is 0 Å². The van der Waals surface area contributed by atoms with Crippen molar-refractivity contribution in [3.05, 3.63) is 0 Å². The van der Waals surface area contributed by atoms with Crippen LogP contribution in [0.4, 0.5) is 0 Å². The quantitative estimate of drug-likeness (QED) is 0.503. The lowest BCUT2D eigenvalue weighted by Gasteiger charge is -2.14. The third-order valence-electron chi connectivity index (χ3n) is 2.37. The van der Waals surface area contributed by atoms with Crippen molar-refractivity contribution in [2.75, 3.05) is 40.5 Å². The fourth-order valence-electron chi connectivity index (χ4n) is 1.41. The highest BCUT2D eigenvalue weighted by molar-refractivity contribution is 4.60. The van der Waals surface area contributed by atoms with Crippen LogP contribution in [0.3, 0.4) is 0 Å². The number of nitrogens with two attached hydrogens (primary N) is 1. The van der Waals surface area contributed by atoms with Gasteiger partial charge in [-0.1, -0.05) is 12.8 Å². The molecule has 1 atom stereocenters. The van der Waals surface area contributed by atoms with Crippen LogP contribution in [0.1, 0.15) is 25.7 Å². The molecule has 4 heteroatoms. The molecule has 0 spiro atoms. The minimum absolute atomic E-state index is 0.166. The van der Waals surface area contributed by atoms with E-state index in [2.05, 4.69) is 5.32 Å². The van der Waals surface area contributed by atoms with E-state index in [1.54, 1.807) is 14.2 Å². The minimum atomic E-state index is 0.166. The predicted octanol–water partition coefficient (Wildman–Crippen LogP) is 0.757. The second kappa shape index (κ2) is 11.9. The van der Waals surface area contributed by atoms with E-state index in [0.717, 1.165) is 26.1 Å². The van der Waals surface area contributed by atoms with Crippen molar-refractivity contribution in [1.82, 2.24) is 5.32 Å². The highest BCUT2D eigenvalue weighted by Gasteiger charge is 2.04. The molecule has 15 heavy (non-hydrogen) atoms. The Hall–Kier alpha value is -0.160. The van der Waals surface area contributed by atoms with Gasteiger partial charge in [0, 0.05) is 20.8 Å². The highest BCUT2D eigenvalue weighted by Crippen LogP contribution is 1.97. The van der Waals surface area contributed by atoms with Gasteiger partial charge in [-0.05, 0) is 25.9 Å². The summed E-state index contributed by atoms with van der Waals surface area (Å²) in [5.41, 5.74) is 5.41. The lowest BCUT2D eigenvalue weighted by Crippen LogP contribution is -2.32. The Morgan fingerprint density at radius 3 is 2.47 bits per heavy atom. The third kappa shape index (κ3) is 10.1. The van der Waals surface area contributed by atoms with Crippen molar-refractivity contribution in [3.63, 3.8) is 0 Å².